The fourth-order valence-electron chi connectivity index (χ4n) is 1.87. The lowest BCUT2D eigenvalue weighted by molar-refractivity contribution is 0.279. The van der Waals surface area contributed by atoms with E-state index in [4.69, 9.17) is 0 Å². The van der Waals surface area contributed by atoms with Crippen LogP contribution in [0.1, 0.15) is 18.8 Å². The van der Waals surface area contributed by atoms with E-state index in [0.29, 0.717) is 0 Å². The Morgan fingerprint density at radius 1 is 1.35 bits per heavy atom. The molecule has 1 aromatic heterocycles. The first-order valence-corrected chi connectivity index (χ1v) is 7.20. The molecule has 17 heavy (non-hydrogen) atoms. The van der Waals surface area contributed by atoms with Gasteiger partial charge in [0.05, 0.1) is 12.6 Å². The largest absolute Gasteiger partial charge is 0.311 e. The van der Waals surface area contributed by atoms with Gasteiger partial charge in [0.1, 0.15) is 0 Å². The Hall–Kier alpha value is -0.660. The molecule has 1 atom stereocenters. The molecule has 0 saturated carbocycles. The molecule has 0 amide bonds. The topological polar surface area (TPSA) is 58.9 Å². The van der Waals surface area contributed by atoms with E-state index in [9.17, 15) is 0 Å². The predicted octanol–water partition coefficient (Wildman–Crippen LogP) is 0.00230. The molecular formula is C10H20N6S. The molecule has 1 aromatic rings. The molecule has 1 unspecified atom stereocenters. The first-order valence-electron chi connectivity index (χ1n) is 6.04. The lowest BCUT2D eigenvalue weighted by Gasteiger charge is -2.26. The van der Waals surface area contributed by atoms with Crippen molar-refractivity contribution >= 4 is 11.8 Å². The van der Waals surface area contributed by atoms with Crippen LogP contribution in [0.2, 0.25) is 0 Å². The standard InChI is InChI=1S/C10H20N6S/c1-9(11-2)10-12-13-14-16(10)4-3-15-5-7-17-8-6-15/h9,11H,3-8H2,1-2H3. The zero-order valence-electron chi connectivity index (χ0n) is 10.5. The smallest absolute Gasteiger partial charge is 0.167 e. The zero-order valence-corrected chi connectivity index (χ0v) is 11.3. The van der Waals surface area contributed by atoms with Gasteiger partial charge in [-0.05, 0) is 24.4 Å². The van der Waals surface area contributed by atoms with Crippen molar-refractivity contribution in [2.75, 3.05) is 38.2 Å². The molecule has 1 saturated heterocycles. The number of nitrogens with zero attached hydrogens (tertiary/aromatic N) is 5. The molecule has 0 aromatic carbocycles. The van der Waals surface area contributed by atoms with E-state index in [2.05, 4.69) is 32.7 Å². The summed E-state index contributed by atoms with van der Waals surface area (Å²) in [6.07, 6.45) is 0. The third-order valence-electron chi connectivity index (χ3n) is 3.11. The van der Waals surface area contributed by atoms with E-state index in [1.165, 1.54) is 24.6 Å². The van der Waals surface area contributed by atoms with Crippen LogP contribution in [-0.4, -0.2) is 63.3 Å². The Kier molecular flexibility index (Phi) is 4.75. The SMILES string of the molecule is CNC(C)c1nnnn1CCN1CCSCC1. The van der Waals surface area contributed by atoms with Crippen LogP contribution >= 0.6 is 11.8 Å². The van der Waals surface area contributed by atoms with E-state index < -0.39 is 0 Å². The van der Waals surface area contributed by atoms with Crippen LogP contribution in [0, 0.1) is 0 Å². The van der Waals surface area contributed by atoms with Crippen LogP contribution in [0.3, 0.4) is 0 Å². The molecule has 96 valence electrons. The summed E-state index contributed by atoms with van der Waals surface area (Å²) >= 11 is 2.03. The van der Waals surface area contributed by atoms with Gasteiger partial charge in [-0.2, -0.15) is 11.8 Å². The van der Waals surface area contributed by atoms with Crippen molar-refractivity contribution in [1.29, 1.82) is 0 Å². The van der Waals surface area contributed by atoms with Crippen LogP contribution < -0.4 is 5.32 Å². The summed E-state index contributed by atoms with van der Waals surface area (Å²) in [6, 6.07) is 0.196. The summed E-state index contributed by atoms with van der Waals surface area (Å²) in [5.74, 6) is 3.41. The molecule has 0 aliphatic carbocycles. The van der Waals surface area contributed by atoms with Crippen molar-refractivity contribution in [2.24, 2.45) is 0 Å². The molecule has 2 heterocycles. The van der Waals surface area contributed by atoms with Crippen molar-refractivity contribution in [3.63, 3.8) is 0 Å². The number of tetrazole rings is 1. The number of hydrogen-bond donors (Lipinski definition) is 1. The highest BCUT2D eigenvalue weighted by Crippen LogP contribution is 2.10. The Morgan fingerprint density at radius 2 is 2.12 bits per heavy atom. The Bertz CT molecular complexity index is 335. The molecule has 2 rings (SSSR count). The molecular weight excluding hydrogens is 236 g/mol. The summed E-state index contributed by atoms with van der Waals surface area (Å²) in [5.41, 5.74) is 0. The van der Waals surface area contributed by atoms with Gasteiger partial charge in [-0.25, -0.2) is 4.68 Å². The minimum atomic E-state index is 0.196. The summed E-state index contributed by atoms with van der Waals surface area (Å²) in [5, 5.41) is 15.0. The molecule has 1 aliphatic rings. The lowest BCUT2D eigenvalue weighted by atomic mass is 10.3. The lowest BCUT2D eigenvalue weighted by Crippen LogP contribution is -2.35. The summed E-state index contributed by atoms with van der Waals surface area (Å²) in [4.78, 5) is 2.48. The van der Waals surface area contributed by atoms with Crippen molar-refractivity contribution in [2.45, 2.75) is 19.5 Å². The maximum atomic E-state index is 4.07. The van der Waals surface area contributed by atoms with Gasteiger partial charge in [0.25, 0.3) is 0 Å². The third-order valence-corrected chi connectivity index (χ3v) is 4.05. The van der Waals surface area contributed by atoms with Crippen molar-refractivity contribution in [3.05, 3.63) is 5.82 Å². The minimum Gasteiger partial charge on any atom is -0.311 e. The molecule has 1 aliphatic heterocycles. The number of aromatic nitrogens is 4. The molecule has 6 nitrogen and oxygen atoms in total. The normalized spacial score (nSPS) is 19.4. The average Bonchev–Trinajstić information content (AvgIpc) is 2.85. The number of thioether (sulfide) groups is 1. The zero-order chi connectivity index (χ0) is 12.1. The third kappa shape index (κ3) is 3.40. The first kappa shape index (κ1) is 12.8. The summed E-state index contributed by atoms with van der Waals surface area (Å²) in [7, 11) is 1.92. The van der Waals surface area contributed by atoms with E-state index >= 15 is 0 Å². The van der Waals surface area contributed by atoms with Gasteiger partial charge in [0.2, 0.25) is 0 Å². The highest BCUT2D eigenvalue weighted by Gasteiger charge is 2.14. The van der Waals surface area contributed by atoms with Gasteiger partial charge >= 0.3 is 0 Å². The van der Waals surface area contributed by atoms with Crippen LogP contribution in [0.4, 0.5) is 0 Å². The quantitative estimate of drug-likeness (QED) is 0.800. The Morgan fingerprint density at radius 3 is 2.82 bits per heavy atom. The van der Waals surface area contributed by atoms with Gasteiger partial charge in [-0.1, -0.05) is 0 Å². The van der Waals surface area contributed by atoms with Crippen molar-refractivity contribution < 1.29 is 0 Å². The number of rotatable bonds is 5. The van der Waals surface area contributed by atoms with Gasteiger partial charge in [0, 0.05) is 31.1 Å². The van der Waals surface area contributed by atoms with Gasteiger partial charge in [-0.3, -0.25) is 4.90 Å². The number of hydrogen-bond acceptors (Lipinski definition) is 6. The van der Waals surface area contributed by atoms with Gasteiger partial charge in [-0.15, -0.1) is 5.10 Å². The molecule has 1 N–H and O–H groups in total. The number of nitrogens with one attached hydrogen (secondary N) is 1. The van der Waals surface area contributed by atoms with E-state index in [1.54, 1.807) is 0 Å². The van der Waals surface area contributed by atoms with E-state index in [1.807, 2.05) is 23.5 Å². The van der Waals surface area contributed by atoms with Crippen LogP contribution in [0.5, 0.6) is 0 Å². The second-order valence-electron chi connectivity index (χ2n) is 4.22. The van der Waals surface area contributed by atoms with Crippen molar-refractivity contribution in [1.82, 2.24) is 30.4 Å². The fourth-order valence-corrected chi connectivity index (χ4v) is 2.85. The predicted molar refractivity (Wildman–Crippen MR) is 69.1 cm³/mol. The van der Waals surface area contributed by atoms with Gasteiger partial charge in [0.15, 0.2) is 5.82 Å². The highest BCUT2D eigenvalue weighted by atomic mass is 32.2. The summed E-state index contributed by atoms with van der Waals surface area (Å²) < 4.78 is 1.91. The van der Waals surface area contributed by atoms with Crippen LogP contribution in [-0.2, 0) is 6.54 Å². The minimum absolute atomic E-state index is 0.196. The maximum absolute atomic E-state index is 4.07. The average molecular weight is 256 g/mol. The Labute approximate surface area is 106 Å². The van der Waals surface area contributed by atoms with E-state index in [0.717, 1.165) is 18.9 Å². The van der Waals surface area contributed by atoms with Gasteiger partial charge < -0.3 is 5.32 Å². The maximum Gasteiger partial charge on any atom is 0.167 e. The molecule has 0 bridgehead atoms. The highest BCUT2D eigenvalue weighted by molar-refractivity contribution is 7.99. The summed E-state index contributed by atoms with van der Waals surface area (Å²) in [6.45, 7) is 6.35. The van der Waals surface area contributed by atoms with Crippen molar-refractivity contribution in [3.8, 4) is 0 Å². The Balaban J connectivity index is 1.87. The monoisotopic (exact) mass is 256 g/mol. The van der Waals surface area contributed by atoms with Crippen LogP contribution in [0.15, 0.2) is 0 Å². The molecule has 7 heteroatoms. The fraction of sp³-hybridized carbons (Fsp3) is 0.900. The molecule has 1 fully saturated rings. The van der Waals surface area contributed by atoms with E-state index in [-0.39, 0.29) is 6.04 Å². The first-order chi connectivity index (χ1) is 8.31. The molecule has 0 spiro atoms. The molecule has 0 radical (unpaired) electrons. The second-order valence-corrected chi connectivity index (χ2v) is 5.45. The second kappa shape index (κ2) is 6.32. The van der Waals surface area contributed by atoms with Crippen LogP contribution in [0.25, 0.3) is 0 Å².